The molecule has 0 unspecified atom stereocenters. The second-order valence-corrected chi connectivity index (χ2v) is 8.15. The number of aromatic nitrogens is 2. The molecule has 0 saturated carbocycles. The number of hydrogen-bond acceptors (Lipinski definition) is 4. The predicted molar refractivity (Wildman–Crippen MR) is 137 cm³/mol. The molecule has 1 N–H and O–H groups in total. The number of furan rings is 1. The Bertz CT molecular complexity index is 1480. The number of allylic oxidation sites excluding steroid dienone is 1. The van der Waals surface area contributed by atoms with Crippen LogP contribution in [0.5, 0.6) is 5.75 Å². The monoisotopic (exact) mass is 463 g/mol. The van der Waals surface area contributed by atoms with Crippen LogP contribution in [0.3, 0.4) is 0 Å². The van der Waals surface area contributed by atoms with E-state index in [9.17, 15) is 4.79 Å². The molecule has 0 aliphatic heterocycles. The van der Waals surface area contributed by atoms with Gasteiger partial charge in [-0.15, -0.1) is 6.58 Å². The van der Waals surface area contributed by atoms with Crippen molar-refractivity contribution in [3.05, 3.63) is 126 Å². The fourth-order valence-electron chi connectivity index (χ4n) is 3.99. The summed E-state index contributed by atoms with van der Waals surface area (Å²) in [4.78, 5) is 12.7. The molecule has 3 aromatic carbocycles. The Kier molecular flexibility index (Phi) is 6.44. The highest BCUT2D eigenvalue weighted by Gasteiger charge is 2.14. The van der Waals surface area contributed by atoms with Gasteiger partial charge in [-0.2, -0.15) is 5.10 Å². The first-order valence-corrected chi connectivity index (χ1v) is 11.4. The van der Waals surface area contributed by atoms with Crippen molar-refractivity contribution in [2.75, 3.05) is 5.32 Å². The number of carbonyl (C=O) groups excluding carboxylic acids is 1. The van der Waals surface area contributed by atoms with Crippen LogP contribution < -0.4 is 10.1 Å². The molecule has 0 aliphatic carbocycles. The van der Waals surface area contributed by atoms with Crippen molar-refractivity contribution in [1.29, 1.82) is 0 Å². The van der Waals surface area contributed by atoms with E-state index in [1.54, 1.807) is 22.9 Å². The minimum Gasteiger partial charge on any atom is -0.485 e. The summed E-state index contributed by atoms with van der Waals surface area (Å²) in [6.45, 7) is 4.61. The van der Waals surface area contributed by atoms with Gasteiger partial charge in [-0.3, -0.25) is 9.48 Å². The van der Waals surface area contributed by atoms with Crippen LogP contribution in [0.4, 0.5) is 5.82 Å². The summed E-state index contributed by atoms with van der Waals surface area (Å²) in [6.07, 6.45) is 4.40. The zero-order chi connectivity index (χ0) is 24.0. The van der Waals surface area contributed by atoms with Crippen LogP contribution in [0.2, 0.25) is 0 Å². The molecule has 5 rings (SSSR count). The molecule has 174 valence electrons. The third-order valence-corrected chi connectivity index (χ3v) is 5.69. The Morgan fingerprint density at radius 1 is 0.971 bits per heavy atom. The van der Waals surface area contributed by atoms with Crippen molar-refractivity contribution in [3.63, 3.8) is 0 Å². The van der Waals surface area contributed by atoms with Crippen LogP contribution in [-0.2, 0) is 19.6 Å². The first kappa shape index (κ1) is 22.2. The standard InChI is InChI=1S/C29H25N3O3/c1-2-8-22-10-4-6-14-26(22)34-20-24-15-16-27(35-24)29(33)30-28-17-18-32(31-28)19-23-12-7-11-21-9-3-5-13-25(21)23/h2-7,9-18H,1,8,19-20H2,(H,30,31,33). The van der Waals surface area contributed by atoms with Crippen LogP contribution >= 0.6 is 0 Å². The smallest absolute Gasteiger partial charge is 0.292 e. The van der Waals surface area contributed by atoms with Crippen LogP contribution in [0.1, 0.15) is 27.4 Å². The van der Waals surface area contributed by atoms with Gasteiger partial charge in [0.05, 0.1) is 6.54 Å². The van der Waals surface area contributed by atoms with Crippen molar-refractivity contribution < 1.29 is 13.9 Å². The highest BCUT2D eigenvalue weighted by Crippen LogP contribution is 2.22. The molecule has 0 saturated heterocycles. The minimum atomic E-state index is -0.362. The molecule has 0 aliphatic rings. The fraction of sp³-hybridized carbons (Fsp3) is 0.103. The summed E-state index contributed by atoms with van der Waals surface area (Å²) in [5.74, 6) is 1.63. The van der Waals surface area contributed by atoms with Crippen molar-refractivity contribution in [3.8, 4) is 5.75 Å². The van der Waals surface area contributed by atoms with Crippen LogP contribution in [0.15, 0.2) is 108 Å². The Balaban J connectivity index is 1.21. The number of anilines is 1. The first-order valence-electron chi connectivity index (χ1n) is 11.4. The normalized spacial score (nSPS) is 10.9. The molecule has 0 radical (unpaired) electrons. The van der Waals surface area contributed by atoms with E-state index in [1.165, 1.54) is 10.8 Å². The molecule has 1 amide bonds. The molecule has 2 aromatic heterocycles. The SMILES string of the molecule is C=CCc1ccccc1OCc1ccc(C(=O)Nc2ccn(Cc3cccc4ccccc34)n2)o1. The summed E-state index contributed by atoms with van der Waals surface area (Å²) in [5.41, 5.74) is 2.21. The lowest BCUT2D eigenvalue weighted by atomic mass is 10.0. The number of para-hydroxylation sites is 1. The number of nitrogens with one attached hydrogen (secondary N) is 1. The summed E-state index contributed by atoms with van der Waals surface area (Å²) >= 11 is 0. The number of fused-ring (bicyclic) bond motifs is 1. The van der Waals surface area contributed by atoms with E-state index in [-0.39, 0.29) is 18.3 Å². The zero-order valence-corrected chi connectivity index (χ0v) is 19.2. The quantitative estimate of drug-likeness (QED) is 0.263. The molecular weight excluding hydrogens is 438 g/mol. The average Bonchev–Trinajstić information content (AvgIpc) is 3.54. The highest BCUT2D eigenvalue weighted by molar-refractivity contribution is 6.01. The Morgan fingerprint density at radius 2 is 1.77 bits per heavy atom. The summed E-state index contributed by atoms with van der Waals surface area (Å²) in [7, 11) is 0. The average molecular weight is 464 g/mol. The van der Waals surface area contributed by atoms with Gasteiger partial charge >= 0.3 is 0 Å². The van der Waals surface area contributed by atoms with E-state index in [2.05, 4.69) is 41.3 Å². The lowest BCUT2D eigenvalue weighted by Crippen LogP contribution is -2.12. The number of hydrogen-bond donors (Lipinski definition) is 1. The molecule has 0 atom stereocenters. The number of ether oxygens (including phenoxy) is 1. The van der Waals surface area contributed by atoms with Crippen LogP contribution in [-0.4, -0.2) is 15.7 Å². The van der Waals surface area contributed by atoms with Gasteiger partial charge in [0, 0.05) is 12.3 Å². The third-order valence-electron chi connectivity index (χ3n) is 5.69. The summed E-state index contributed by atoms with van der Waals surface area (Å²) < 4.78 is 13.4. The van der Waals surface area contributed by atoms with Crippen LogP contribution in [0, 0.1) is 0 Å². The van der Waals surface area contributed by atoms with Gasteiger partial charge in [-0.1, -0.05) is 66.7 Å². The van der Waals surface area contributed by atoms with E-state index < -0.39 is 0 Å². The van der Waals surface area contributed by atoms with Gasteiger partial charge in [0.25, 0.3) is 5.91 Å². The molecule has 6 nitrogen and oxygen atoms in total. The largest absolute Gasteiger partial charge is 0.485 e. The summed E-state index contributed by atoms with van der Waals surface area (Å²) in [5, 5.41) is 9.67. The van der Waals surface area contributed by atoms with Gasteiger partial charge < -0.3 is 14.5 Å². The molecule has 35 heavy (non-hydrogen) atoms. The topological polar surface area (TPSA) is 69.3 Å². The highest BCUT2D eigenvalue weighted by atomic mass is 16.5. The predicted octanol–water partition coefficient (Wildman–Crippen LogP) is 6.24. The van der Waals surface area contributed by atoms with Crippen molar-refractivity contribution >= 4 is 22.5 Å². The molecule has 0 bridgehead atoms. The fourth-order valence-corrected chi connectivity index (χ4v) is 3.99. The Labute approximate surface area is 203 Å². The number of carbonyl (C=O) groups is 1. The molecule has 0 fully saturated rings. The molecular formula is C29H25N3O3. The van der Waals surface area contributed by atoms with Gasteiger partial charge in [0.15, 0.2) is 11.6 Å². The second-order valence-electron chi connectivity index (χ2n) is 8.15. The maximum Gasteiger partial charge on any atom is 0.292 e. The molecule has 5 aromatic rings. The maximum atomic E-state index is 12.7. The van der Waals surface area contributed by atoms with E-state index in [0.717, 1.165) is 23.3 Å². The lowest BCUT2D eigenvalue weighted by Gasteiger charge is -2.08. The van der Waals surface area contributed by atoms with Gasteiger partial charge in [0.2, 0.25) is 0 Å². The zero-order valence-electron chi connectivity index (χ0n) is 19.2. The molecule has 2 heterocycles. The minimum absolute atomic E-state index is 0.201. The Morgan fingerprint density at radius 3 is 2.69 bits per heavy atom. The number of rotatable bonds is 9. The Hall–Kier alpha value is -4.58. The third kappa shape index (κ3) is 5.17. The van der Waals surface area contributed by atoms with Gasteiger partial charge in [0.1, 0.15) is 18.1 Å². The molecule has 6 heteroatoms. The van der Waals surface area contributed by atoms with Gasteiger partial charge in [-0.05, 0) is 46.5 Å². The van der Waals surface area contributed by atoms with Crippen LogP contribution in [0.25, 0.3) is 10.8 Å². The van der Waals surface area contributed by atoms with Crippen molar-refractivity contribution in [2.24, 2.45) is 0 Å². The number of nitrogens with zero attached hydrogens (tertiary/aromatic N) is 2. The number of amides is 1. The molecule has 0 spiro atoms. The van der Waals surface area contributed by atoms with Crippen molar-refractivity contribution in [2.45, 2.75) is 19.6 Å². The van der Waals surface area contributed by atoms with E-state index >= 15 is 0 Å². The van der Waals surface area contributed by atoms with E-state index in [0.29, 0.717) is 18.1 Å². The van der Waals surface area contributed by atoms with Crippen molar-refractivity contribution in [1.82, 2.24) is 9.78 Å². The lowest BCUT2D eigenvalue weighted by molar-refractivity contribution is 0.0992. The summed E-state index contributed by atoms with van der Waals surface area (Å²) in [6, 6.07) is 27.4. The second kappa shape index (κ2) is 10.1. The maximum absolute atomic E-state index is 12.7. The first-order chi connectivity index (χ1) is 17.2. The number of benzene rings is 3. The van der Waals surface area contributed by atoms with E-state index in [1.807, 2.05) is 54.7 Å². The van der Waals surface area contributed by atoms with E-state index in [4.69, 9.17) is 9.15 Å². The van der Waals surface area contributed by atoms with Gasteiger partial charge in [-0.25, -0.2) is 0 Å².